The highest BCUT2D eigenvalue weighted by Gasteiger charge is 2.72. The molecule has 680 valence electrons. The van der Waals surface area contributed by atoms with E-state index in [0.717, 1.165) is 30.4 Å². The van der Waals surface area contributed by atoms with Gasteiger partial charge in [-0.3, -0.25) is 4.79 Å². The van der Waals surface area contributed by atoms with Gasteiger partial charge in [-0.2, -0.15) is 0 Å². The van der Waals surface area contributed by atoms with Crippen molar-refractivity contribution in [1.82, 2.24) is 0 Å². The zero-order valence-corrected chi connectivity index (χ0v) is 159. The first-order valence-electron chi connectivity index (χ1n) is 29.6. The van der Waals surface area contributed by atoms with Gasteiger partial charge in [0.1, 0.15) is 5.75 Å². The number of aryl methyl sites for hydroxylation is 2. The van der Waals surface area contributed by atoms with Gasteiger partial charge < -0.3 is 15.6 Å². The lowest BCUT2D eigenvalue weighted by atomic mass is 8.65. The molecule has 0 bridgehead atoms. The summed E-state index contributed by atoms with van der Waals surface area (Å²) in [5.74, 6) is -0.0934. The van der Waals surface area contributed by atoms with E-state index < -0.39 is 300 Å². The molecule has 55 atom stereocenters. The SMILES string of the molecule is COc1cc(C)c(C(N)CC(=O)O)cc1C.PPP(P(P)P)P(B(B(B(B(B(P(P(P)P)P(P)P)P(P(P)P)P(P)P)B(P(P(P)P)P(P)P)P(P(P)P)P(P)P)B(P(P(P(P)P)P(P)P)P(P(P)P)P(P)P)P(P(P(P)P)P(P)P)P(P(P)P)P(P)P)B(P(P(P)P)P(P)P)P(P(P)P)P(P)P)P(P(P)P)P(P)P)P(P(P)P)P(P)P. The fourth-order valence-electron chi connectivity index (χ4n) is 11.0. The van der Waals surface area contributed by atoms with Gasteiger partial charge in [0.2, 0.25) is 0 Å². The first kappa shape index (κ1) is 156. The van der Waals surface area contributed by atoms with E-state index in [4.69, 9.17) is 15.6 Å². The molecule has 0 heterocycles. The Kier molecular flexibility index (Phi) is 112. The van der Waals surface area contributed by atoms with Gasteiger partial charge in [0.15, 0.2) is 30.2 Å². The standard InChI is InChI=1S/C12H17NO3.B8H103P93/c1-7-5-11(16-3)8(2)4-9(7)10(13)6-12(14)15;9-60-96(85(38)39)68(97(86(40)41)87(42)43)8(67(83(34)35)84(36)37)3(7(65(79(26)27)80(28)29)66(81(30)31)82(32)33)1(2(5(61(71(10)11)72(12)13)62(73(14)15)74(16)17)6(63(75(18)19)76(20)21)64(77(22)23)78(24)25)4(69(98(88(44)45)89(46)47)99(90(48)49)91(50)51)70(100(92(52)53)93(54)55)101(94(56)57)95(58)59/h4-5,10H,6,13H2,1-3H3,(H,14,15);60H,9-59H2. The maximum atomic E-state index is 10.6. The Hall–Kier alpha value is 39.0. The number of nitrogens with two attached hydrogens (primary N) is 1. The highest BCUT2D eigenvalue weighted by molar-refractivity contribution is 9.36. The lowest BCUT2D eigenvalue weighted by molar-refractivity contribution is -0.137. The van der Waals surface area contributed by atoms with Crippen LogP contribution in [0, 0.1) is 13.8 Å². The first-order chi connectivity index (χ1) is 53.4. The van der Waals surface area contributed by atoms with Crippen LogP contribution in [0.2, 0.25) is 0 Å². The average molecular weight is 3290 g/mol. The van der Waals surface area contributed by atoms with Gasteiger partial charge in [0.05, 0.1) is 26.3 Å². The maximum absolute atomic E-state index is 10.6. The van der Waals surface area contributed by atoms with Gasteiger partial charge >= 0.3 is 5.97 Å². The number of carboxylic acids is 1. The molecule has 1 aromatic carbocycles. The molecular formula is C12H120B8NO3P93. The minimum atomic E-state index is -0.889. The van der Waals surface area contributed by atoms with Crippen molar-refractivity contribution in [3.05, 3.63) is 28.8 Å². The fourth-order valence-corrected chi connectivity index (χ4v) is 791. The van der Waals surface area contributed by atoms with Crippen molar-refractivity contribution in [1.29, 1.82) is 0 Å². The van der Waals surface area contributed by atoms with Crippen LogP contribution in [0.15, 0.2) is 12.1 Å². The van der Waals surface area contributed by atoms with Crippen molar-refractivity contribution in [2.45, 2.75) is 26.3 Å². The van der Waals surface area contributed by atoms with Crippen LogP contribution < -0.4 is 10.5 Å². The number of hydrogen-bond acceptors (Lipinski definition) is 3. The molecule has 4 nitrogen and oxygen atoms in total. The van der Waals surface area contributed by atoms with Crippen molar-refractivity contribution in [2.75, 3.05) is 7.11 Å². The summed E-state index contributed by atoms with van der Waals surface area (Å²) in [7, 11) is 188. The molecule has 0 aliphatic rings. The third-order valence-corrected chi connectivity index (χ3v) is 467. The topological polar surface area (TPSA) is 72.5 Å². The van der Waals surface area contributed by atoms with Crippen LogP contribution in [0.3, 0.4) is 0 Å². The first-order valence-corrected chi connectivity index (χ1v) is 192. The van der Waals surface area contributed by atoms with Crippen molar-refractivity contribution in [3.8, 4) is 5.75 Å². The molecule has 0 saturated carbocycles. The second-order valence-electron chi connectivity index (χ2n) is 22.1. The summed E-state index contributed by atoms with van der Waals surface area (Å²) in [6, 6.07) is 6.25. The fraction of sp³-hybridized carbons (Fsp3) is 0.417. The number of aliphatic carboxylic acids is 1. The Morgan fingerprint density at radius 3 is 0.658 bits per heavy atom. The Morgan fingerprint density at radius 1 is 0.308 bits per heavy atom. The molecule has 0 amide bonds. The van der Waals surface area contributed by atoms with Crippen LogP contribution >= 0.6 is 752 Å². The van der Waals surface area contributed by atoms with E-state index in [1.54, 1.807) is 7.11 Å². The molecule has 0 aromatic heterocycles. The summed E-state index contributed by atoms with van der Waals surface area (Å²) >= 11 is 0. The molecule has 105 heteroatoms. The molecule has 0 aliphatic carbocycles. The summed E-state index contributed by atoms with van der Waals surface area (Å²) in [6.07, 6.45) is 1.44. The zero-order valence-electron chi connectivity index (χ0n) is 62.7. The largest absolute Gasteiger partial charge is 0.496 e. The maximum Gasteiger partial charge on any atom is 0.305 e. The van der Waals surface area contributed by atoms with Gasteiger partial charge in [0.25, 0.3) is 0 Å². The van der Waals surface area contributed by atoms with E-state index in [1.165, 1.54) is 0 Å². The highest BCUT2D eigenvalue weighted by atomic mass is 33.3. The molecule has 0 saturated heterocycles. The van der Waals surface area contributed by atoms with Crippen LogP contribution in [-0.4, -0.2) is 67.6 Å². The van der Waals surface area contributed by atoms with E-state index in [0.29, 0.717) is 49.4 Å². The smallest absolute Gasteiger partial charge is 0.305 e. The number of rotatable bonds is 53. The summed E-state index contributed by atoms with van der Waals surface area (Å²) in [6.45, 7) is -11.9. The van der Waals surface area contributed by atoms with Gasteiger partial charge in [-0.25, -0.2) is 0 Å². The minimum absolute atomic E-state index is 0.0629. The summed E-state index contributed by atoms with van der Waals surface area (Å²) in [5, 5.41) is 8.70. The number of ether oxygens (including phenoxy) is 1. The van der Waals surface area contributed by atoms with Crippen LogP contribution in [-0.2, 0) is 4.79 Å². The van der Waals surface area contributed by atoms with Gasteiger partial charge in [0, 0.05) is 12.4 Å². The monoisotopic (exact) mass is 3300 g/mol. The molecule has 117 heavy (non-hydrogen) atoms. The van der Waals surface area contributed by atoms with Crippen molar-refractivity contribution >= 4 is 807 Å². The summed E-state index contributed by atoms with van der Waals surface area (Å²) < 4.78 is 5.18. The zero-order chi connectivity index (χ0) is 92.3. The summed E-state index contributed by atoms with van der Waals surface area (Å²) in [4.78, 5) is 10.6. The average Bonchev–Trinajstić information content (AvgIpc) is 0.706. The number of hydrogen-bond donors (Lipinski definition) is 2. The van der Waals surface area contributed by atoms with Crippen LogP contribution in [0.4, 0.5) is 0 Å². The Balaban J connectivity index is 0.00000743. The predicted molar refractivity (Wildman–Crippen MR) is 895 cm³/mol. The van der Waals surface area contributed by atoms with E-state index >= 15 is 0 Å². The van der Waals surface area contributed by atoms with E-state index in [1.807, 2.05) is 26.0 Å². The summed E-state index contributed by atoms with van der Waals surface area (Å²) in [5.41, 5.74) is 8.61. The number of benzene rings is 1. The van der Waals surface area contributed by atoms with Gasteiger partial charge in [-0.15, -0.1) is 455 Å². The van der Waals surface area contributed by atoms with E-state index in [-0.39, 0.29) is 6.42 Å². The Morgan fingerprint density at radius 2 is 0.496 bits per heavy atom. The number of carboxylic acid groups (broad SMARTS) is 1. The molecule has 1 rings (SSSR count). The van der Waals surface area contributed by atoms with Gasteiger partial charge in [-0.1, -0.05) is 85.8 Å². The van der Waals surface area contributed by atoms with Gasteiger partial charge in [-0.05, 0) is 253 Å². The third kappa shape index (κ3) is 54.1. The third-order valence-electron chi connectivity index (χ3n) is 14.4. The van der Waals surface area contributed by atoms with Crippen molar-refractivity contribution in [2.24, 2.45) is 5.73 Å². The second-order valence-corrected chi connectivity index (χ2v) is 364. The Labute approximate surface area is 882 Å². The number of carbonyl (C=O) groups is 1. The molecule has 1 aromatic rings. The van der Waals surface area contributed by atoms with Crippen LogP contribution in [0.25, 0.3) is 0 Å². The molecule has 3 N–H and O–H groups in total. The molecular weight excluding hydrogens is 3170 g/mol. The quantitative estimate of drug-likeness (QED) is 0.0504. The highest BCUT2D eigenvalue weighted by Crippen LogP contribution is 3.30. The second kappa shape index (κ2) is 84.1. The molecule has 55 unspecified atom stereocenters. The van der Waals surface area contributed by atoms with E-state index in [9.17, 15) is 4.79 Å². The predicted octanol–water partition coefficient (Wildman–Crippen LogP) is 51.3. The lowest BCUT2D eigenvalue weighted by Gasteiger charge is -2.61. The lowest BCUT2D eigenvalue weighted by Crippen LogP contribution is -2.73. The molecule has 0 aliphatic heterocycles. The molecule has 0 radical (unpaired) electrons. The Bertz CT molecular complexity index is 2490. The minimum Gasteiger partial charge on any atom is -0.496 e. The normalized spacial score (nSPS) is 14.3. The van der Waals surface area contributed by atoms with Crippen LogP contribution in [0.5, 0.6) is 5.75 Å². The van der Waals surface area contributed by atoms with Crippen molar-refractivity contribution in [3.63, 3.8) is 0 Å². The number of methoxy groups -OCH3 is 1. The van der Waals surface area contributed by atoms with E-state index in [2.05, 4.69) is 455 Å². The van der Waals surface area contributed by atoms with Crippen LogP contribution in [0.1, 0.15) is 29.2 Å². The molecule has 0 spiro atoms. The van der Waals surface area contributed by atoms with Crippen molar-refractivity contribution < 1.29 is 14.6 Å². The molecule has 0 fully saturated rings.